The second-order valence-corrected chi connectivity index (χ2v) is 2.81. The first-order valence-corrected chi connectivity index (χ1v) is 3.87. The minimum Gasteiger partial charge on any atom is -0.504 e. The molecular weight excluding hydrogens is 255 g/mol. The fraction of sp³-hybridized carbons (Fsp3) is 0.286. The molecule has 0 atom stereocenters. The first-order valence-electron chi connectivity index (χ1n) is 3.87. The van der Waals surface area contributed by atoms with Crippen molar-refractivity contribution in [1.82, 2.24) is 4.98 Å². The van der Waals surface area contributed by atoms with Crippen LogP contribution in [-0.2, 0) is 6.18 Å². The summed E-state index contributed by atoms with van der Waals surface area (Å²) in [4.78, 5) is 11.5. The number of aromatic nitrogens is 1. The summed E-state index contributed by atoms with van der Waals surface area (Å²) >= 11 is 0. The fourth-order valence-electron chi connectivity index (χ4n) is 1.16. The van der Waals surface area contributed by atoms with E-state index in [0.717, 1.165) is 0 Å². The van der Waals surface area contributed by atoms with Crippen molar-refractivity contribution >= 4 is 5.82 Å². The van der Waals surface area contributed by atoms with Crippen LogP contribution in [0.25, 0.3) is 0 Å². The lowest BCUT2D eigenvalue weighted by Crippen LogP contribution is -2.13. The zero-order chi connectivity index (χ0) is 13.4. The summed E-state index contributed by atoms with van der Waals surface area (Å²) < 4.78 is 61.9. The van der Waals surface area contributed by atoms with Crippen LogP contribution in [0.2, 0.25) is 0 Å². The van der Waals surface area contributed by atoms with Crippen LogP contribution in [0.1, 0.15) is 17.6 Å². The maximum Gasteiger partial charge on any atom is 0.420 e. The van der Waals surface area contributed by atoms with Gasteiger partial charge in [-0.25, -0.2) is 8.78 Å². The number of nitro groups is 1. The predicted octanol–water partition coefficient (Wildman–Crippen LogP) is 2.65. The lowest BCUT2D eigenvalue weighted by Gasteiger charge is -2.12. The number of halogens is 5. The molecule has 1 rings (SSSR count). The van der Waals surface area contributed by atoms with Gasteiger partial charge >= 0.3 is 12.0 Å². The molecule has 0 spiro atoms. The van der Waals surface area contributed by atoms with E-state index in [1.54, 1.807) is 0 Å². The van der Waals surface area contributed by atoms with Crippen LogP contribution in [0.4, 0.5) is 27.8 Å². The van der Waals surface area contributed by atoms with Gasteiger partial charge in [0.15, 0.2) is 11.9 Å². The summed E-state index contributed by atoms with van der Waals surface area (Å²) in [6.07, 6.45) is -9.03. The predicted molar refractivity (Wildman–Crippen MR) is 42.5 cm³/mol. The fourth-order valence-corrected chi connectivity index (χ4v) is 1.16. The molecule has 1 heterocycles. The highest BCUT2D eigenvalue weighted by Gasteiger charge is 2.44. The molecule has 0 aliphatic carbocycles. The van der Waals surface area contributed by atoms with Gasteiger partial charge in [-0.1, -0.05) is 0 Å². The standard InChI is InChI=1S/C7H3F5N2O3/c8-5(9)3-4(7(10,11)12)2(15)1-13-6(3)14(16)17/h1,5,15H. The van der Waals surface area contributed by atoms with Crippen LogP contribution in [0.3, 0.4) is 0 Å². The minimum atomic E-state index is -5.34. The monoisotopic (exact) mass is 258 g/mol. The maximum atomic E-state index is 12.4. The molecule has 0 unspecified atom stereocenters. The first kappa shape index (κ1) is 13.1. The SMILES string of the molecule is O=[N+]([O-])c1ncc(O)c(C(F)(F)F)c1C(F)F. The van der Waals surface area contributed by atoms with E-state index in [1.165, 1.54) is 0 Å². The number of aromatic hydroxyl groups is 1. The Labute approximate surface area is 89.7 Å². The number of hydrogen-bond acceptors (Lipinski definition) is 4. The molecule has 0 bridgehead atoms. The van der Waals surface area contributed by atoms with Gasteiger partial charge in [0, 0.05) is 0 Å². The second kappa shape index (κ2) is 4.11. The molecule has 17 heavy (non-hydrogen) atoms. The molecule has 0 fully saturated rings. The van der Waals surface area contributed by atoms with Crippen LogP contribution in [0.15, 0.2) is 6.20 Å². The molecule has 5 nitrogen and oxygen atoms in total. The van der Waals surface area contributed by atoms with E-state index in [2.05, 4.69) is 4.98 Å². The molecule has 0 aliphatic heterocycles. The Morgan fingerprint density at radius 3 is 2.29 bits per heavy atom. The maximum absolute atomic E-state index is 12.4. The number of hydrogen-bond donors (Lipinski definition) is 1. The van der Waals surface area contributed by atoms with Gasteiger partial charge in [0.05, 0.1) is 0 Å². The van der Waals surface area contributed by atoms with Crippen molar-refractivity contribution in [3.8, 4) is 5.75 Å². The highest BCUT2D eigenvalue weighted by molar-refractivity contribution is 5.48. The zero-order valence-electron chi connectivity index (χ0n) is 7.70. The average molecular weight is 258 g/mol. The molecule has 1 aromatic rings. The van der Waals surface area contributed by atoms with Gasteiger partial charge in [0.25, 0.3) is 6.43 Å². The van der Waals surface area contributed by atoms with E-state index in [0.29, 0.717) is 0 Å². The second-order valence-electron chi connectivity index (χ2n) is 2.81. The summed E-state index contributed by atoms with van der Waals surface area (Å²) in [5, 5.41) is 19.1. The van der Waals surface area contributed by atoms with Gasteiger partial charge in [-0.2, -0.15) is 13.2 Å². The molecule has 0 amide bonds. The van der Waals surface area contributed by atoms with Gasteiger partial charge in [-0.3, -0.25) is 0 Å². The van der Waals surface area contributed by atoms with Crippen LogP contribution < -0.4 is 0 Å². The van der Waals surface area contributed by atoms with E-state index in [4.69, 9.17) is 5.11 Å². The Kier molecular flexibility index (Phi) is 3.16. The molecule has 10 heteroatoms. The molecule has 0 saturated carbocycles. The highest BCUT2D eigenvalue weighted by Crippen LogP contribution is 2.44. The molecular formula is C7H3F5N2O3. The van der Waals surface area contributed by atoms with Gasteiger partial charge in [0.1, 0.15) is 11.1 Å². The molecule has 0 saturated heterocycles. The average Bonchev–Trinajstić information content (AvgIpc) is 2.14. The summed E-state index contributed by atoms with van der Waals surface area (Å²) in [6.45, 7) is 0. The van der Waals surface area contributed by atoms with Gasteiger partial charge in [-0.05, 0) is 9.91 Å². The molecule has 1 N–H and O–H groups in total. The van der Waals surface area contributed by atoms with Crippen molar-refractivity contribution in [1.29, 1.82) is 0 Å². The Balaban J connectivity index is 3.67. The van der Waals surface area contributed by atoms with Crippen molar-refractivity contribution in [3.63, 3.8) is 0 Å². The van der Waals surface area contributed by atoms with Crippen molar-refractivity contribution in [2.75, 3.05) is 0 Å². The third kappa shape index (κ3) is 2.40. The van der Waals surface area contributed by atoms with Crippen molar-refractivity contribution in [2.45, 2.75) is 12.6 Å². The van der Waals surface area contributed by atoms with Crippen molar-refractivity contribution in [2.24, 2.45) is 0 Å². The Bertz CT molecular complexity index is 460. The minimum absolute atomic E-state index is 0.104. The smallest absolute Gasteiger partial charge is 0.420 e. The van der Waals surface area contributed by atoms with Crippen molar-refractivity contribution in [3.05, 3.63) is 27.4 Å². The van der Waals surface area contributed by atoms with E-state index in [-0.39, 0.29) is 6.20 Å². The number of alkyl halides is 5. The number of nitrogens with zero attached hydrogens (tertiary/aromatic N) is 2. The van der Waals surface area contributed by atoms with Gasteiger partial charge in [0.2, 0.25) is 0 Å². The normalized spacial score (nSPS) is 11.9. The Morgan fingerprint density at radius 2 is 1.94 bits per heavy atom. The summed E-state index contributed by atoms with van der Waals surface area (Å²) in [7, 11) is 0. The third-order valence-electron chi connectivity index (χ3n) is 1.75. The van der Waals surface area contributed by atoms with E-state index >= 15 is 0 Å². The van der Waals surface area contributed by atoms with Crippen LogP contribution >= 0.6 is 0 Å². The van der Waals surface area contributed by atoms with E-state index in [9.17, 15) is 32.1 Å². The van der Waals surface area contributed by atoms with Crippen LogP contribution in [0.5, 0.6) is 5.75 Å². The number of pyridine rings is 1. The largest absolute Gasteiger partial charge is 0.504 e. The highest BCUT2D eigenvalue weighted by atomic mass is 19.4. The Morgan fingerprint density at radius 1 is 1.41 bits per heavy atom. The Hall–Kier alpha value is -2.00. The molecule has 0 aromatic carbocycles. The molecule has 0 radical (unpaired) electrons. The number of rotatable bonds is 2. The topological polar surface area (TPSA) is 76.3 Å². The molecule has 94 valence electrons. The summed E-state index contributed by atoms with van der Waals surface area (Å²) in [6, 6.07) is 0. The molecule has 1 aromatic heterocycles. The van der Waals surface area contributed by atoms with E-state index in [1.807, 2.05) is 0 Å². The van der Waals surface area contributed by atoms with Crippen LogP contribution in [0, 0.1) is 10.1 Å². The van der Waals surface area contributed by atoms with Crippen LogP contribution in [-0.4, -0.2) is 15.0 Å². The quantitative estimate of drug-likeness (QED) is 0.502. The summed E-state index contributed by atoms with van der Waals surface area (Å²) in [5.41, 5.74) is -4.09. The lowest BCUT2D eigenvalue weighted by molar-refractivity contribution is -0.391. The molecule has 0 aliphatic rings. The van der Waals surface area contributed by atoms with Crippen molar-refractivity contribution < 1.29 is 32.0 Å². The first-order chi connectivity index (χ1) is 7.66. The summed E-state index contributed by atoms with van der Waals surface area (Å²) in [5.74, 6) is -3.22. The lowest BCUT2D eigenvalue weighted by atomic mass is 10.1. The van der Waals surface area contributed by atoms with Gasteiger partial charge < -0.3 is 15.2 Å². The third-order valence-corrected chi connectivity index (χ3v) is 1.75. The zero-order valence-corrected chi connectivity index (χ0v) is 7.70. The van der Waals surface area contributed by atoms with E-state index < -0.39 is 40.2 Å². The van der Waals surface area contributed by atoms with Gasteiger partial charge in [-0.15, -0.1) is 0 Å².